The Morgan fingerprint density at radius 2 is 1.85 bits per heavy atom. The van der Waals surface area contributed by atoms with Gasteiger partial charge in [0, 0.05) is 7.05 Å². The molecule has 6 nitrogen and oxygen atoms in total. The molecule has 0 fully saturated rings. The molecular weight excluding hydrogens is 378 g/mol. The van der Waals surface area contributed by atoms with Crippen molar-refractivity contribution in [2.75, 3.05) is 23.3 Å². The smallest absolute Gasteiger partial charge is 0.264 e. The molecule has 0 saturated carbocycles. The van der Waals surface area contributed by atoms with Gasteiger partial charge in [0.1, 0.15) is 28.9 Å². The van der Waals surface area contributed by atoms with Crippen LogP contribution in [0.5, 0.6) is 5.75 Å². The van der Waals surface area contributed by atoms with Crippen LogP contribution in [-0.2, 0) is 14.8 Å². The molecule has 1 heterocycles. The minimum atomic E-state index is -4.37. The van der Waals surface area contributed by atoms with Gasteiger partial charge in [-0.3, -0.25) is 9.52 Å². The van der Waals surface area contributed by atoms with Crippen molar-refractivity contribution in [1.82, 2.24) is 0 Å². The van der Waals surface area contributed by atoms with Gasteiger partial charge in [-0.05, 0) is 50.2 Å². The summed E-state index contributed by atoms with van der Waals surface area (Å²) in [5.74, 6) is -1.73. The van der Waals surface area contributed by atoms with E-state index in [0.717, 1.165) is 12.1 Å². The van der Waals surface area contributed by atoms with Gasteiger partial charge in [0.2, 0.25) is 5.91 Å². The zero-order valence-electron chi connectivity index (χ0n) is 14.9. The van der Waals surface area contributed by atoms with Gasteiger partial charge in [-0.25, -0.2) is 17.2 Å². The molecule has 0 unspecified atom stereocenters. The average molecular weight is 396 g/mol. The SMILES string of the molecule is CN1C(=O)C(C)(C)COc2ccc(NS(=O)(=O)c3cc(F)ccc3F)cc21. The van der Waals surface area contributed by atoms with Crippen LogP contribution < -0.4 is 14.4 Å². The highest BCUT2D eigenvalue weighted by Gasteiger charge is 2.36. The maximum absolute atomic E-state index is 13.8. The van der Waals surface area contributed by atoms with Crippen LogP contribution in [0.25, 0.3) is 0 Å². The number of sulfonamides is 1. The van der Waals surface area contributed by atoms with Crippen molar-refractivity contribution < 1.29 is 26.7 Å². The van der Waals surface area contributed by atoms with Gasteiger partial charge in [0.05, 0.1) is 16.8 Å². The van der Waals surface area contributed by atoms with Gasteiger partial charge in [0.25, 0.3) is 10.0 Å². The summed E-state index contributed by atoms with van der Waals surface area (Å²) in [5, 5.41) is 0. The van der Waals surface area contributed by atoms with E-state index in [-0.39, 0.29) is 18.2 Å². The number of halogens is 2. The number of carbonyl (C=O) groups is 1. The highest BCUT2D eigenvalue weighted by Crippen LogP contribution is 2.37. The van der Waals surface area contributed by atoms with Crippen LogP contribution >= 0.6 is 0 Å². The van der Waals surface area contributed by atoms with Crippen molar-refractivity contribution in [2.24, 2.45) is 5.41 Å². The average Bonchev–Trinajstić information content (AvgIpc) is 2.68. The fraction of sp³-hybridized carbons (Fsp3) is 0.278. The second kappa shape index (κ2) is 6.49. The van der Waals surface area contributed by atoms with Crippen molar-refractivity contribution in [1.29, 1.82) is 0 Å². The molecule has 1 aliphatic heterocycles. The quantitative estimate of drug-likeness (QED) is 0.865. The molecule has 0 atom stereocenters. The molecule has 144 valence electrons. The topological polar surface area (TPSA) is 75.7 Å². The highest BCUT2D eigenvalue weighted by atomic mass is 32.2. The first-order chi connectivity index (χ1) is 12.5. The van der Waals surface area contributed by atoms with Crippen molar-refractivity contribution in [3.05, 3.63) is 48.0 Å². The molecule has 1 aliphatic rings. The van der Waals surface area contributed by atoms with E-state index in [1.165, 1.54) is 23.1 Å². The van der Waals surface area contributed by atoms with Gasteiger partial charge in [-0.1, -0.05) is 0 Å². The van der Waals surface area contributed by atoms with Crippen LogP contribution in [0.3, 0.4) is 0 Å². The molecule has 0 aromatic heterocycles. The minimum Gasteiger partial charge on any atom is -0.490 e. The molecule has 1 N–H and O–H groups in total. The number of carbonyl (C=O) groups excluding carboxylic acids is 1. The van der Waals surface area contributed by atoms with E-state index in [2.05, 4.69) is 4.72 Å². The van der Waals surface area contributed by atoms with E-state index in [9.17, 15) is 22.0 Å². The normalized spacial score (nSPS) is 16.3. The maximum Gasteiger partial charge on any atom is 0.264 e. The van der Waals surface area contributed by atoms with E-state index in [1.54, 1.807) is 20.9 Å². The molecule has 1 amide bonds. The molecule has 2 aromatic rings. The summed E-state index contributed by atoms with van der Waals surface area (Å²) in [4.78, 5) is 13.1. The third-order valence-corrected chi connectivity index (χ3v) is 5.62. The molecule has 3 rings (SSSR count). The lowest BCUT2D eigenvalue weighted by Crippen LogP contribution is -2.39. The standard InChI is InChI=1S/C18H18F2N2O4S/c1-18(2)10-26-15-7-5-12(9-14(15)22(3)17(18)23)21-27(24,25)16-8-11(19)4-6-13(16)20/h4-9,21H,10H2,1-3H3. The van der Waals surface area contributed by atoms with Gasteiger partial charge in [-0.15, -0.1) is 0 Å². The van der Waals surface area contributed by atoms with E-state index < -0.39 is 32.0 Å². The number of nitrogens with one attached hydrogen (secondary N) is 1. The number of benzene rings is 2. The Labute approximate surface area is 155 Å². The highest BCUT2D eigenvalue weighted by molar-refractivity contribution is 7.92. The number of fused-ring (bicyclic) bond motifs is 1. The lowest BCUT2D eigenvalue weighted by molar-refractivity contribution is -0.127. The number of nitrogens with zero attached hydrogens (tertiary/aromatic N) is 1. The van der Waals surface area contributed by atoms with Crippen molar-refractivity contribution in [3.63, 3.8) is 0 Å². The second-order valence-electron chi connectivity index (χ2n) is 6.90. The Bertz CT molecular complexity index is 1020. The molecule has 0 saturated heterocycles. The first-order valence-corrected chi connectivity index (χ1v) is 9.52. The number of ether oxygens (including phenoxy) is 1. The van der Waals surface area contributed by atoms with Crippen LogP contribution in [0.1, 0.15) is 13.8 Å². The molecule has 0 radical (unpaired) electrons. The summed E-state index contributed by atoms with van der Waals surface area (Å²) in [7, 11) is -2.81. The third-order valence-electron chi connectivity index (χ3n) is 4.23. The summed E-state index contributed by atoms with van der Waals surface area (Å²) < 4.78 is 59.9. The Kier molecular flexibility index (Phi) is 4.59. The fourth-order valence-electron chi connectivity index (χ4n) is 2.74. The number of rotatable bonds is 3. The van der Waals surface area contributed by atoms with Crippen LogP contribution in [-0.4, -0.2) is 28.0 Å². The molecule has 0 spiro atoms. The summed E-state index contributed by atoms with van der Waals surface area (Å²) in [5.41, 5.74) is -0.302. The van der Waals surface area contributed by atoms with Crippen molar-refractivity contribution in [3.8, 4) is 5.75 Å². The maximum atomic E-state index is 13.8. The summed E-state index contributed by atoms with van der Waals surface area (Å²) in [6.45, 7) is 3.66. The zero-order valence-corrected chi connectivity index (χ0v) is 15.7. The third kappa shape index (κ3) is 3.59. The number of amides is 1. The Morgan fingerprint density at radius 3 is 2.56 bits per heavy atom. The van der Waals surface area contributed by atoms with E-state index >= 15 is 0 Å². The van der Waals surface area contributed by atoms with Crippen LogP contribution in [0, 0.1) is 17.0 Å². The number of anilines is 2. The fourth-order valence-corrected chi connectivity index (χ4v) is 3.88. The first kappa shape index (κ1) is 19.1. The number of hydrogen-bond donors (Lipinski definition) is 1. The van der Waals surface area contributed by atoms with Gasteiger partial charge in [-0.2, -0.15) is 0 Å². The summed E-state index contributed by atoms with van der Waals surface area (Å²) >= 11 is 0. The van der Waals surface area contributed by atoms with E-state index in [1.807, 2.05) is 0 Å². The lowest BCUT2D eigenvalue weighted by atomic mass is 9.93. The second-order valence-corrected chi connectivity index (χ2v) is 8.55. The van der Waals surface area contributed by atoms with E-state index in [4.69, 9.17) is 4.74 Å². The first-order valence-electron chi connectivity index (χ1n) is 8.04. The number of hydrogen-bond acceptors (Lipinski definition) is 4. The molecule has 0 aliphatic carbocycles. The van der Waals surface area contributed by atoms with Crippen LogP contribution in [0.2, 0.25) is 0 Å². The zero-order chi connectivity index (χ0) is 20.0. The molecule has 27 heavy (non-hydrogen) atoms. The van der Waals surface area contributed by atoms with Gasteiger partial charge >= 0.3 is 0 Å². The predicted molar refractivity (Wildman–Crippen MR) is 96.3 cm³/mol. The molecular formula is C18H18F2N2O4S. The molecule has 2 aromatic carbocycles. The van der Waals surface area contributed by atoms with Gasteiger partial charge < -0.3 is 9.64 Å². The van der Waals surface area contributed by atoms with Crippen LogP contribution in [0.15, 0.2) is 41.3 Å². The Hall–Kier alpha value is -2.68. The largest absolute Gasteiger partial charge is 0.490 e. The predicted octanol–water partition coefficient (Wildman–Crippen LogP) is 3.15. The Balaban J connectivity index is 1.98. The monoisotopic (exact) mass is 396 g/mol. The molecule has 9 heteroatoms. The van der Waals surface area contributed by atoms with Crippen molar-refractivity contribution >= 4 is 27.3 Å². The van der Waals surface area contributed by atoms with Crippen LogP contribution in [0.4, 0.5) is 20.2 Å². The van der Waals surface area contributed by atoms with Gasteiger partial charge in [0.15, 0.2) is 0 Å². The minimum absolute atomic E-state index is 0.0837. The summed E-state index contributed by atoms with van der Waals surface area (Å²) in [6, 6.07) is 6.51. The molecule has 0 bridgehead atoms. The summed E-state index contributed by atoms with van der Waals surface area (Å²) in [6.07, 6.45) is 0. The Morgan fingerprint density at radius 1 is 1.15 bits per heavy atom. The van der Waals surface area contributed by atoms with Crippen molar-refractivity contribution in [2.45, 2.75) is 18.7 Å². The lowest BCUT2D eigenvalue weighted by Gasteiger charge is -2.24. The van der Waals surface area contributed by atoms with E-state index in [0.29, 0.717) is 17.5 Å².